The Balaban J connectivity index is 2.46. The van der Waals surface area contributed by atoms with Gasteiger partial charge in [-0.1, -0.05) is 0 Å². The van der Waals surface area contributed by atoms with Crippen LogP contribution >= 0.6 is 11.8 Å². The zero-order valence-electron chi connectivity index (χ0n) is 9.91. The summed E-state index contributed by atoms with van der Waals surface area (Å²) < 4.78 is 0. The van der Waals surface area contributed by atoms with Crippen molar-refractivity contribution in [2.24, 2.45) is 0 Å². The highest BCUT2D eigenvalue weighted by molar-refractivity contribution is 7.99. The fourth-order valence-electron chi connectivity index (χ4n) is 1.57. The molecule has 92 valence electrons. The number of aryl methyl sites for hydroxylation is 2. The first kappa shape index (κ1) is 12.5. The van der Waals surface area contributed by atoms with Gasteiger partial charge in [0, 0.05) is 18.1 Å². The van der Waals surface area contributed by atoms with E-state index in [1.165, 1.54) is 11.8 Å². The van der Waals surface area contributed by atoms with Gasteiger partial charge in [0.2, 0.25) is 0 Å². The molecular weight excluding hydrogens is 250 g/mol. The van der Waals surface area contributed by atoms with Gasteiger partial charge in [0.25, 0.3) is 0 Å². The predicted molar refractivity (Wildman–Crippen MR) is 66.8 cm³/mol. The second-order valence-corrected chi connectivity index (χ2v) is 4.72. The Morgan fingerprint density at radius 1 is 1.33 bits per heavy atom. The van der Waals surface area contributed by atoms with Crippen molar-refractivity contribution in [3.05, 3.63) is 41.5 Å². The van der Waals surface area contributed by atoms with E-state index in [4.69, 9.17) is 0 Å². The van der Waals surface area contributed by atoms with Crippen LogP contribution in [0.25, 0.3) is 0 Å². The van der Waals surface area contributed by atoms with Crippen molar-refractivity contribution in [3.8, 4) is 0 Å². The Bertz CT molecular complexity index is 587. The third kappa shape index (κ3) is 2.65. The van der Waals surface area contributed by atoms with E-state index in [9.17, 15) is 9.90 Å². The summed E-state index contributed by atoms with van der Waals surface area (Å²) in [6.07, 6.45) is 4.71. The van der Waals surface area contributed by atoms with Crippen LogP contribution in [0.5, 0.6) is 0 Å². The Morgan fingerprint density at radius 2 is 2.11 bits per heavy atom. The van der Waals surface area contributed by atoms with E-state index in [-0.39, 0.29) is 5.56 Å². The minimum absolute atomic E-state index is 0.219. The van der Waals surface area contributed by atoms with Crippen molar-refractivity contribution in [2.45, 2.75) is 23.9 Å². The molecule has 0 saturated carbocycles. The van der Waals surface area contributed by atoms with Crippen molar-refractivity contribution >= 4 is 17.7 Å². The normalized spacial score (nSPS) is 10.3. The van der Waals surface area contributed by atoms with Crippen LogP contribution < -0.4 is 0 Å². The summed E-state index contributed by atoms with van der Waals surface area (Å²) in [6.45, 7) is 3.60. The minimum Gasteiger partial charge on any atom is -0.478 e. The zero-order valence-corrected chi connectivity index (χ0v) is 10.7. The van der Waals surface area contributed by atoms with Crippen molar-refractivity contribution in [1.29, 1.82) is 0 Å². The number of hydrogen-bond acceptors (Lipinski definition) is 5. The number of nitrogens with zero attached hydrogens (tertiary/aromatic N) is 3. The maximum atomic E-state index is 11.3. The minimum atomic E-state index is -0.980. The molecule has 1 N–H and O–H groups in total. The molecule has 0 aliphatic heterocycles. The van der Waals surface area contributed by atoms with Crippen LogP contribution in [-0.2, 0) is 0 Å². The molecular formula is C12H11N3O2S. The van der Waals surface area contributed by atoms with Gasteiger partial charge in [-0.3, -0.25) is 4.98 Å². The summed E-state index contributed by atoms with van der Waals surface area (Å²) in [4.78, 5) is 23.6. The van der Waals surface area contributed by atoms with Crippen molar-refractivity contribution < 1.29 is 9.90 Å². The van der Waals surface area contributed by atoms with Gasteiger partial charge >= 0.3 is 5.97 Å². The van der Waals surface area contributed by atoms with Crippen molar-refractivity contribution in [2.75, 3.05) is 0 Å². The molecule has 0 saturated heterocycles. The molecule has 2 heterocycles. The Labute approximate surface area is 108 Å². The van der Waals surface area contributed by atoms with Crippen LogP contribution in [0.3, 0.4) is 0 Å². The standard InChI is InChI=1S/C12H11N3O2S/c1-7-5-8(2)15-11(10(7)12(16)17)18-9-6-13-3-4-14-9/h3-6H,1-2H3,(H,16,17). The number of carboxylic acids is 1. The lowest BCUT2D eigenvalue weighted by Crippen LogP contribution is -2.05. The maximum absolute atomic E-state index is 11.3. The fourth-order valence-corrected chi connectivity index (χ4v) is 2.54. The molecule has 2 aromatic heterocycles. The van der Waals surface area contributed by atoms with Gasteiger partial charge in [0.05, 0.1) is 11.8 Å². The summed E-state index contributed by atoms with van der Waals surface area (Å²) in [5.74, 6) is -0.980. The van der Waals surface area contributed by atoms with Gasteiger partial charge in [-0.25, -0.2) is 14.8 Å². The third-order valence-corrected chi connectivity index (χ3v) is 3.17. The SMILES string of the molecule is Cc1cc(C)c(C(=O)O)c(Sc2cnccn2)n1. The lowest BCUT2D eigenvalue weighted by atomic mass is 10.1. The molecule has 18 heavy (non-hydrogen) atoms. The molecule has 0 bridgehead atoms. The molecule has 0 aliphatic rings. The van der Waals surface area contributed by atoms with Gasteiger partial charge in [-0.05, 0) is 37.2 Å². The first-order valence-corrected chi connectivity index (χ1v) is 6.05. The molecule has 6 heteroatoms. The van der Waals surface area contributed by atoms with Crippen LogP contribution in [0, 0.1) is 13.8 Å². The van der Waals surface area contributed by atoms with Crippen LogP contribution in [0.1, 0.15) is 21.6 Å². The number of aromatic carboxylic acids is 1. The zero-order chi connectivity index (χ0) is 13.1. The topological polar surface area (TPSA) is 76.0 Å². The smallest absolute Gasteiger partial charge is 0.338 e. The Kier molecular flexibility index (Phi) is 3.57. The number of rotatable bonds is 3. The second kappa shape index (κ2) is 5.14. The first-order valence-electron chi connectivity index (χ1n) is 5.23. The molecule has 0 aliphatic carbocycles. The molecule has 0 spiro atoms. The number of aromatic nitrogens is 3. The van der Waals surface area contributed by atoms with E-state index in [0.717, 1.165) is 5.69 Å². The number of carboxylic acid groups (broad SMARTS) is 1. The monoisotopic (exact) mass is 261 g/mol. The van der Waals surface area contributed by atoms with Gasteiger partial charge in [0.1, 0.15) is 10.1 Å². The molecule has 0 amide bonds. The molecule has 0 radical (unpaired) electrons. The van der Waals surface area contributed by atoms with Crippen LogP contribution in [-0.4, -0.2) is 26.0 Å². The molecule has 0 unspecified atom stereocenters. The summed E-state index contributed by atoms with van der Waals surface area (Å²) in [5, 5.41) is 10.3. The van der Waals surface area contributed by atoms with E-state index in [1.54, 1.807) is 31.6 Å². The van der Waals surface area contributed by atoms with Gasteiger partial charge in [-0.2, -0.15) is 0 Å². The van der Waals surface area contributed by atoms with E-state index < -0.39 is 5.97 Å². The van der Waals surface area contributed by atoms with Gasteiger partial charge in [0.15, 0.2) is 0 Å². The van der Waals surface area contributed by atoms with Crippen LogP contribution in [0.2, 0.25) is 0 Å². The molecule has 2 aromatic rings. The molecule has 0 fully saturated rings. The highest BCUT2D eigenvalue weighted by atomic mass is 32.2. The van der Waals surface area contributed by atoms with E-state index in [0.29, 0.717) is 15.6 Å². The average Bonchev–Trinajstić information content (AvgIpc) is 2.28. The van der Waals surface area contributed by atoms with E-state index in [1.807, 2.05) is 6.92 Å². The highest BCUT2D eigenvalue weighted by Crippen LogP contribution is 2.29. The maximum Gasteiger partial charge on any atom is 0.338 e. The molecule has 5 nitrogen and oxygen atoms in total. The first-order chi connectivity index (χ1) is 8.58. The van der Waals surface area contributed by atoms with Gasteiger partial charge < -0.3 is 5.11 Å². The lowest BCUT2D eigenvalue weighted by Gasteiger charge is -2.08. The Morgan fingerprint density at radius 3 is 2.72 bits per heavy atom. The molecule has 0 atom stereocenters. The predicted octanol–water partition coefficient (Wildman–Crippen LogP) is 2.34. The summed E-state index contributed by atoms with van der Waals surface area (Å²) in [7, 11) is 0. The van der Waals surface area contributed by atoms with Crippen LogP contribution in [0.15, 0.2) is 34.7 Å². The summed E-state index contributed by atoms with van der Waals surface area (Å²) in [6, 6.07) is 1.75. The van der Waals surface area contributed by atoms with Crippen molar-refractivity contribution in [1.82, 2.24) is 15.0 Å². The quantitative estimate of drug-likeness (QED) is 0.913. The highest BCUT2D eigenvalue weighted by Gasteiger charge is 2.17. The third-order valence-electron chi connectivity index (χ3n) is 2.27. The van der Waals surface area contributed by atoms with E-state index in [2.05, 4.69) is 15.0 Å². The van der Waals surface area contributed by atoms with Crippen LogP contribution in [0.4, 0.5) is 0 Å². The Hall–Kier alpha value is -1.95. The van der Waals surface area contributed by atoms with Gasteiger partial charge in [-0.15, -0.1) is 0 Å². The summed E-state index contributed by atoms with van der Waals surface area (Å²) >= 11 is 1.21. The molecule has 0 aromatic carbocycles. The number of hydrogen-bond donors (Lipinski definition) is 1. The molecule has 2 rings (SSSR count). The van der Waals surface area contributed by atoms with Crippen molar-refractivity contribution in [3.63, 3.8) is 0 Å². The largest absolute Gasteiger partial charge is 0.478 e. The summed E-state index contributed by atoms with van der Waals surface area (Å²) in [5.41, 5.74) is 1.70. The second-order valence-electron chi connectivity index (χ2n) is 3.71. The number of carbonyl (C=O) groups is 1. The fraction of sp³-hybridized carbons (Fsp3) is 0.167. The average molecular weight is 261 g/mol. The van der Waals surface area contributed by atoms with E-state index >= 15 is 0 Å². The lowest BCUT2D eigenvalue weighted by molar-refractivity contribution is 0.0691. The number of pyridine rings is 1.